The van der Waals surface area contributed by atoms with E-state index in [9.17, 15) is 4.79 Å². The first kappa shape index (κ1) is 16.8. The molecule has 2 aromatic carbocycles. The standard InChI is InChI=1S/C19H16ClN3O2/c1-25-17-5-3-2-4-16(17)23-19(24)13-10-11-21-18(12-13)22-15-8-6-14(20)7-9-15/h2-12H,1H3,(H,21,22)(H,23,24). The lowest BCUT2D eigenvalue weighted by Crippen LogP contribution is -2.13. The van der Waals surface area contributed by atoms with E-state index in [0.717, 1.165) is 5.69 Å². The highest BCUT2D eigenvalue weighted by molar-refractivity contribution is 6.30. The van der Waals surface area contributed by atoms with E-state index in [0.29, 0.717) is 27.8 Å². The van der Waals surface area contributed by atoms with Gasteiger partial charge in [0.2, 0.25) is 0 Å². The van der Waals surface area contributed by atoms with E-state index in [2.05, 4.69) is 15.6 Å². The van der Waals surface area contributed by atoms with Crippen LogP contribution >= 0.6 is 11.6 Å². The van der Waals surface area contributed by atoms with E-state index in [1.807, 2.05) is 24.3 Å². The number of hydrogen-bond donors (Lipinski definition) is 2. The fourth-order valence-electron chi connectivity index (χ4n) is 2.26. The number of amides is 1. The van der Waals surface area contributed by atoms with Gasteiger partial charge >= 0.3 is 0 Å². The largest absolute Gasteiger partial charge is 0.495 e. The fourth-order valence-corrected chi connectivity index (χ4v) is 2.39. The van der Waals surface area contributed by atoms with Crippen LogP contribution in [0, 0.1) is 0 Å². The van der Waals surface area contributed by atoms with E-state index >= 15 is 0 Å². The van der Waals surface area contributed by atoms with Gasteiger partial charge in [-0.15, -0.1) is 0 Å². The van der Waals surface area contributed by atoms with E-state index < -0.39 is 0 Å². The topological polar surface area (TPSA) is 63.2 Å². The van der Waals surface area contributed by atoms with Gasteiger partial charge in [0, 0.05) is 22.5 Å². The van der Waals surface area contributed by atoms with Crippen molar-refractivity contribution in [2.45, 2.75) is 0 Å². The summed E-state index contributed by atoms with van der Waals surface area (Å²) in [5, 5.41) is 6.63. The first-order valence-corrected chi connectivity index (χ1v) is 7.96. The summed E-state index contributed by atoms with van der Waals surface area (Å²) in [6.45, 7) is 0. The molecule has 0 atom stereocenters. The number of halogens is 1. The van der Waals surface area contributed by atoms with Crippen LogP contribution in [0.2, 0.25) is 5.02 Å². The third kappa shape index (κ3) is 4.28. The lowest BCUT2D eigenvalue weighted by atomic mass is 10.2. The molecule has 5 nitrogen and oxygen atoms in total. The number of aromatic nitrogens is 1. The summed E-state index contributed by atoms with van der Waals surface area (Å²) in [6.07, 6.45) is 1.58. The van der Waals surface area contributed by atoms with Crippen molar-refractivity contribution in [1.29, 1.82) is 0 Å². The quantitative estimate of drug-likeness (QED) is 0.695. The Morgan fingerprint density at radius 2 is 1.84 bits per heavy atom. The molecule has 6 heteroatoms. The predicted molar refractivity (Wildman–Crippen MR) is 99.9 cm³/mol. The molecule has 0 aliphatic carbocycles. The molecule has 0 fully saturated rings. The minimum atomic E-state index is -0.244. The molecule has 3 rings (SSSR count). The van der Waals surface area contributed by atoms with Gasteiger partial charge in [0.05, 0.1) is 12.8 Å². The second-order valence-electron chi connectivity index (χ2n) is 5.22. The van der Waals surface area contributed by atoms with Crippen molar-refractivity contribution in [2.75, 3.05) is 17.7 Å². The van der Waals surface area contributed by atoms with Crippen LogP contribution in [0.5, 0.6) is 5.75 Å². The molecule has 0 radical (unpaired) electrons. The molecule has 126 valence electrons. The summed E-state index contributed by atoms with van der Waals surface area (Å²) in [7, 11) is 1.56. The third-order valence-electron chi connectivity index (χ3n) is 3.49. The normalized spacial score (nSPS) is 10.2. The molecular weight excluding hydrogens is 338 g/mol. The monoisotopic (exact) mass is 353 g/mol. The van der Waals surface area contributed by atoms with E-state index in [-0.39, 0.29) is 5.91 Å². The maximum Gasteiger partial charge on any atom is 0.255 e. The Balaban J connectivity index is 1.76. The number of nitrogens with zero attached hydrogens (tertiary/aromatic N) is 1. The number of carbonyl (C=O) groups is 1. The summed E-state index contributed by atoms with van der Waals surface area (Å²) < 4.78 is 5.24. The van der Waals surface area contributed by atoms with Gasteiger partial charge in [-0.1, -0.05) is 23.7 Å². The number of methoxy groups -OCH3 is 1. The number of para-hydroxylation sites is 2. The Morgan fingerprint density at radius 1 is 1.08 bits per heavy atom. The van der Waals surface area contributed by atoms with Gasteiger partial charge in [0.1, 0.15) is 11.6 Å². The molecule has 0 spiro atoms. The number of anilines is 3. The van der Waals surface area contributed by atoms with Gasteiger partial charge in [-0.3, -0.25) is 4.79 Å². The molecule has 0 aliphatic heterocycles. The molecule has 1 heterocycles. The minimum absolute atomic E-state index is 0.244. The van der Waals surface area contributed by atoms with Gasteiger partial charge in [-0.05, 0) is 48.5 Å². The van der Waals surface area contributed by atoms with Crippen LogP contribution in [-0.2, 0) is 0 Å². The highest BCUT2D eigenvalue weighted by Gasteiger charge is 2.10. The Kier molecular flexibility index (Phi) is 5.16. The molecule has 0 unspecified atom stereocenters. The summed E-state index contributed by atoms with van der Waals surface area (Å²) in [4.78, 5) is 16.7. The highest BCUT2D eigenvalue weighted by atomic mass is 35.5. The lowest BCUT2D eigenvalue weighted by molar-refractivity contribution is 0.102. The zero-order valence-electron chi connectivity index (χ0n) is 13.5. The third-order valence-corrected chi connectivity index (χ3v) is 3.75. The number of ether oxygens (including phenoxy) is 1. The second-order valence-corrected chi connectivity index (χ2v) is 5.65. The van der Waals surface area contributed by atoms with Crippen molar-refractivity contribution in [2.24, 2.45) is 0 Å². The molecule has 2 N–H and O–H groups in total. The highest BCUT2D eigenvalue weighted by Crippen LogP contribution is 2.24. The number of pyridine rings is 1. The van der Waals surface area contributed by atoms with Crippen LogP contribution in [0.3, 0.4) is 0 Å². The van der Waals surface area contributed by atoms with Crippen LogP contribution in [0.25, 0.3) is 0 Å². The zero-order valence-corrected chi connectivity index (χ0v) is 14.2. The first-order valence-electron chi connectivity index (χ1n) is 7.59. The van der Waals surface area contributed by atoms with Crippen LogP contribution in [0.1, 0.15) is 10.4 Å². The Labute approximate surface area is 150 Å². The molecule has 3 aromatic rings. The Morgan fingerprint density at radius 3 is 2.60 bits per heavy atom. The first-order chi connectivity index (χ1) is 12.2. The van der Waals surface area contributed by atoms with E-state index in [4.69, 9.17) is 16.3 Å². The van der Waals surface area contributed by atoms with Gasteiger partial charge < -0.3 is 15.4 Å². The number of benzene rings is 2. The van der Waals surface area contributed by atoms with Crippen molar-refractivity contribution >= 4 is 34.7 Å². The van der Waals surface area contributed by atoms with Gasteiger partial charge in [0.15, 0.2) is 0 Å². The van der Waals surface area contributed by atoms with Crippen LogP contribution < -0.4 is 15.4 Å². The molecule has 0 aliphatic rings. The van der Waals surface area contributed by atoms with Crippen molar-refractivity contribution < 1.29 is 9.53 Å². The molecule has 0 saturated heterocycles. The van der Waals surface area contributed by atoms with Crippen LogP contribution in [0.4, 0.5) is 17.2 Å². The lowest BCUT2D eigenvalue weighted by Gasteiger charge is -2.11. The zero-order chi connectivity index (χ0) is 17.6. The summed E-state index contributed by atoms with van der Waals surface area (Å²) >= 11 is 5.88. The maximum absolute atomic E-state index is 12.5. The molecule has 1 aromatic heterocycles. The fraction of sp³-hybridized carbons (Fsp3) is 0.0526. The predicted octanol–water partition coefficient (Wildman–Crippen LogP) is 4.74. The number of nitrogens with one attached hydrogen (secondary N) is 2. The van der Waals surface area contributed by atoms with Gasteiger partial charge in [-0.2, -0.15) is 0 Å². The average Bonchev–Trinajstić information content (AvgIpc) is 2.64. The van der Waals surface area contributed by atoms with Crippen molar-refractivity contribution in [3.05, 3.63) is 77.4 Å². The molecular formula is C19H16ClN3O2. The van der Waals surface area contributed by atoms with Crippen molar-refractivity contribution in [3.8, 4) is 5.75 Å². The van der Waals surface area contributed by atoms with Crippen molar-refractivity contribution in [1.82, 2.24) is 4.98 Å². The summed E-state index contributed by atoms with van der Waals surface area (Å²) in [5.41, 5.74) is 1.93. The second kappa shape index (κ2) is 7.68. The molecule has 0 bridgehead atoms. The number of hydrogen-bond acceptors (Lipinski definition) is 4. The van der Waals surface area contributed by atoms with E-state index in [1.165, 1.54) is 0 Å². The summed E-state index contributed by atoms with van der Waals surface area (Å²) in [6, 6.07) is 17.8. The average molecular weight is 354 g/mol. The summed E-state index contributed by atoms with van der Waals surface area (Å²) in [5.74, 6) is 0.922. The maximum atomic E-state index is 12.5. The molecule has 25 heavy (non-hydrogen) atoms. The Hall–Kier alpha value is -3.05. The molecule has 1 amide bonds. The van der Waals surface area contributed by atoms with Crippen LogP contribution in [-0.4, -0.2) is 18.0 Å². The Bertz CT molecular complexity index is 882. The SMILES string of the molecule is COc1ccccc1NC(=O)c1ccnc(Nc2ccc(Cl)cc2)c1. The van der Waals surface area contributed by atoms with Crippen molar-refractivity contribution in [3.63, 3.8) is 0 Å². The van der Waals surface area contributed by atoms with Gasteiger partial charge in [-0.25, -0.2) is 4.98 Å². The van der Waals surface area contributed by atoms with Gasteiger partial charge in [0.25, 0.3) is 5.91 Å². The smallest absolute Gasteiger partial charge is 0.255 e. The number of rotatable bonds is 5. The minimum Gasteiger partial charge on any atom is -0.495 e. The van der Waals surface area contributed by atoms with Crippen LogP contribution in [0.15, 0.2) is 66.9 Å². The van der Waals surface area contributed by atoms with E-state index in [1.54, 1.807) is 49.7 Å². The molecule has 0 saturated carbocycles. The number of carbonyl (C=O) groups excluding carboxylic acids is 1.